The van der Waals surface area contributed by atoms with E-state index in [9.17, 15) is 4.79 Å². The van der Waals surface area contributed by atoms with Crippen molar-refractivity contribution in [1.82, 2.24) is 19.8 Å². The minimum atomic E-state index is -0.184. The van der Waals surface area contributed by atoms with Crippen LogP contribution in [0.1, 0.15) is 6.42 Å². The van der Waals surface area contributed by atoms with Gasteiger partial charge in [0.15, 0.2) is 11.5 Å². The average Bonchev–Trinajstić information content (AvgIpc) is 2.87. The fourth-order valence-corrected chi connectivity index (χ4v) is 4.43. The fourth-order valence-electron chi connectivity index (χ4n) is 4.03. The standard InChI is InChI=1S/C25H30BrN5O4/c1-33-22-15-21-20(25(28-17-27-21)29-19-6-3-5-18(26)13-19)14-23(22)35-12-4-7-30-8-10-31(11-9-30)16-24(32)34-2/h3,5-6,13-15,17H,4,7-12,16H2,1-2H3,(H,27,28,29). The molecule has 0 saturated carbocycles. The molecule has 0 unspecified atom stereocenters. The van der Waals surface area contributed by atoms with Gasteiger partial charge in [-0.3, -0.25) is 9.69 Å². The van der Waals surface area contributed by atoms with E-state index in [0.29, 0.717) is 30.5 Å². The highest BCUT2D eigenvalue weighted by molar-refractivity contribution is 9.10. The number of piperazine rings is 1. The number of ether oxygens (including phenoxy) is 3. The number of benzene rings is 2. The van der Waals surface area contributed by atoms with E-state index in [-0.39, 0.29) is 5.97 Å². The molecule has 4 rings (SSSR count). The Morgan fingerprint density at radius 2 is 1.86 bits per heavy atom. The van der Waals surface area contributed by atoms with Crippen LogP contribution in [0.2, 0.25) is 0 Å². The van der Waals surface area contributed by atoms with Gasteiger partial charge in [-0.05, 0) is 30.7 Å². The predicted molar refractivity (Wildman–Crippen MR) is 139 cm³/mol. The van der Waals surface area contributed by atoms with Crippen molar-refractivity contribution < 1.29 is 19.0 Å². The fraction of sp³-hybridized carbons (Fsp3) is 0.400. The summed E-state index contributed by atoms with van der Waals surface area (Å²) >= 11 is 3.50. The molecule has 9 nitrogen and oxygen atoms in total. The molecule has 1 aliphatic heterocycles. The van der Waals surface area contributed by atoms with Gasteiger partial charge in [0.1, 0.15) is 12.1 Å². The van der Waals surface area contributed by atoms with Gasteiger partial charge in [0, 0.05) is 54.3 Å². The van der Waals surface area contributed by atoms with E-state index < -0.39 is 0 Å². The Kier molecular flexibility index (Phi) is 8.73. The number of esters is 1. The van der Waals surface area contributed by atoms with Gasteiger partial charge in [0.25, 0.3) is 0 Å². The highest BCUT2D eigenvalue weighted by atomic mass is 79.9. The normalized spacial score (nSPS) is 14.6. The van der Waals surface area contributed by atoms with Gasteiger partial charge in [-0.1, -0.05) is 22.0 Å². The number of aromatic nitrogens is 2. The third kappa shape index (κ3) is 6.81. The van der Waals surface area contributed by atoms with Gasteiger partial charge in [-0.25, -0.2) is 9.97 Å². The molecule has 0 bridgehead atoms. The molecule has 1 fully saturated rings. The second-order valence-electron chi connectivity index (χ2n) is 8.27. The summed E-state index contributed by atoms with van der Waals surface area (Å²) in [6.45, 7) is 5.44. The first-order valence-electron chi connectivity index (χ1n) is 11.6. The van der Waals surface area contributed by atoms with E-state index in [2.05, 4.69) is 41.0 Å². The highest BCUT2D eigenvalue weighted by Gasteiger charge is 2.19. The highest BCUT2D eigenvalue weighted by Crippen LogP contribution is 2.35. The quantitative estimate of drug-likeness (QED) is 0.303. The third-order valence-corrected chi connectivity index (χ3v) is 6.42. The molecule has 1 aromatic heterocycles. The number of hydrogen-bond donors (Lipinski definition) is 1. The number of carbonyl (C=O) groups excluding carboxylic acids is 1. The maximum atomic E-state index is 11.4. The number of rotatable bonds is 10. The molecule has 1 aliphatic rings. The van der Waals surface area contributed by atoms with E-state index >= 15 is 0 Å². The number of hydrogen-bond acceptors (Lipinski definition) is 9. The number of carbonyl (C=O) groups is 1. The summed E-state index contributed by atoms with van der Waals surface area (Å²) in [7, 11) is 3.06. The van der Waals surface area contributed by atoms with Gasteiger partial charge < -0.3 is 24.4 Å². The number of fused-ring (bicyclic) bond motifs is 1. The van der Waals surface area contributed by atoms with Crippen molar-refractivity contribution in [3.05, 3.63) is 47.2 Å². The van der Waals surface area contributed by atoms with Crippen LogP contribution in [0.3, 0.4) is 0 Å². The second-order valence-corrected chi connectivity index (χ2v) is 9.19. The first-order valence-corrected chi connectivity index (χ1v) is 12.3. The summed E-state index contributed by atoms with van der Waals surface area (Å²) in [6.07, 6.45) is 2.42. The van der Waals surface area contributed by atoms with E-state index in [0.717, 1.165) is 60.2 Å². The Hall–Kier alpha value is -2.95. The van der Waals surface area contributed by atoms with Gasteiger partial charge in [0.05, 0.1) is 32.9 Å². The topological polar surface area (TPSA) is 89.1 Å². The zero-order valence-electron chi connectivity index (χ0n) is 20.0. The van der Waals surface area contributed by atoms with Crippen LogP contribution < -0.4 is 14.8 Å². The summed E-state index contributed by atoms with van der Waals surface area (Å²) in [4.78, 5) is 24.8. The second kappa shape index (κ2) is 12.1. The van der Waals surface area contributed by atoms with Crippen molar-refractivity contribution in [2.75, 3.05) is 65.4 Å². The van der Waals surface area contributed by atoms with Crippen LogP contribution >= 0.6 is 15.9 Å². The molecule has 0 radical (unpaired) electrons. The van der Waals surface area contributed by atoms with Crippen LogP contribution in [0.25, 0.3) is 10.9 Å². The van der Waals surface area contributed by atoms with Crippen LogP contribution in [0.15, 0.2) is 47.2 Å². The molecule has 10 heteroatoms. The first kappa shape index (κ1) is 25.2. The van der Waals surface area contributed by atoms with E-state index in [4.69, 9.17) is 14.2 Å². The van der Waals surface area contributed by atoms with Crippen LogP contribution in [-0.4, -0.2) is 85.8 Å². The third-order valence-electron chi connectivity index (χ3n) is 5.93. The summed E-state index contributed by atoms with van der Waals surface area (Å²) in [5.74, 6) is 1.82. The van der Waals surface area contributed by atoms with Crippen molar-refractivity contribution in [3.63, 3.8) is 0 Å². The monoisotopic (exact) mass is 543 g/mol. The zero-order valence-corrected chi connectivity index (χ0v) is 21.6. The summed E-state index contributed by atoms with van der Waals surface area (Å²) in [5, 5.41) is 4.22. The van der Waals surface area contributed by atoms with E-state index in [1.807, 2.05) is 36.4 Å². The molecule has 0 amide bonds. The number of nitrogens with zero attached hydrogens (tertiary/aromatic N) is 4. The lowest BCUT2D eigenvalue weighted by molar-refractivity contribution is -0.142. The van der Waals surface area contributed by atoms with Crippen LogP contribution in [-0.2, 0) is 9.53 Å². The predicted octanol–water partition coefficient (Wildman–Crippen LogP) is 3.70. The lowest BCUT2D eigenvalue weighted by Crippen LogP contribution is -2.48. The average molecular weight is 544 g/mol. The van der Waals surface area contributed by atoms with Crippen molar-refractivity contribution in [2.45, 2.75) is 6.42 Å². The molecular weight excluding hydrogens is 514 g/mol. The lowest BCUT2D eigenvalue weighted by Gasteiger charge is -2.33. The number of nitrogens with one attached hydrogen (secondary N) is 1. The van der Waals surface area contributed by atoms with Gasteiger partial charge in [-0.15, -0.1) is 0 Å². The Morgan fingerprint density at radius 3 is 2.60 bits per heavy atom. The molecule has 1 saturated heterocycles. The van der Waals surface area contributed by atoms with Crippen molar-refractivity contribution in [2.24, 2.45) is 0 Å². The molecule has 3 aromatic rings. The smallest absolute Gasteiger partial charge is 0.319 e. The van der Waals surface area contributed by atoms with Gasteiger partial charge >= 0.3 is 5.97 Å². The minimum absolute atomic E-state index is 0.184. The molecule has 35 heavy (non-hydrogen) atoms. The molecule has 0 spiro atoms. The van der Waals surface area contributed by atoms with Crippen molar-refractivity contribution in [3.8, 4) is 11.5 Å². The molecule has 2 aromatic carbocycles. The van der Waals surface area contributed by atoms with Gasteiger partial charge in [-0.2, -0.15) is 0 Å². The summed E-state index contributed by atoms with van der Waals surface area (Å²) in [6, 6.07) is 11.7. The van der Waals surface area contributed by atoms with E-state index in [1.165, 1.54) is 13.4 Å². The summed E-state index contributed by atoms with van der Waals surface area (Å²) < 4.78 is 17.4. The molecular formula is C25H30BrN5O4. The van der Waals surface area contributed by atoms with Crippen molar-refractivity contribution >= 4 is 44.3 Å². The largest absolute Gasteiger partial charge is 0.493 e. The maximum Gasteiger partial charge on any atom is 0.319 e. The van der Waals surface area contributed by atoms with Gasteiger partial charge in [0.2, 0.25) is 0 Å². The van der Waals surface area contributed by atoms with Crippen molar-refractivity contribution in [1.29, 1.82) is 0 Å². The number of methoxy groups -OCH3 is 2. The maximum absolute atomic E-state index is 11.4. The molecule has 0 aliphatic carbocycles. The van der Waals surface area contributed by atoms with E-state index in [1.54, 1.807) is 7.11 Å². The number of halogens is 1. The Morgan fingerprint density at radius 1 is 1.06 bits per heavy atom. The Balaban J connectivity index is 1.36. The minimum Gasteiger partial charge on any atom is -0.493 e. The van der Waals surface area contributed by atoms with Crippen LogP contribution in [0.5, 0.6) is 11.5 Å². The van der Waals surface area contributed by atoms with Crippen LogP contribution in [0, 0.1) is 0 Å². The first-order chi connectivity index (χ1) is 17.1. The zero-order chi connectivity index (χ0) is 24.6. The molecule has 1 N–H and O–H groups in total. The molecule has 2 heterocycles. The Bertz CT molecular complexity index is 1150. The summed E-state index contributed by atoms with van der Waals surface area (Å²) in [5.41, 5.74) is 1.69. The molecule has 0 atom stereocenters. The SMILES string of the molecule is COC(=O)CN1CCN(CCCOc2cc3c(Nc4cccc(Br)c4)ncnc3cc2OC)CC1. The Labute approximate surface area is 213 Å². The lowest BCUT2D eigenvalue weighted by atomic mass is 10.2. The van der Waals surface area contributed by atoms with Crippen LogP contribution in [0.4, 0.5) is 11.5 Å². The molecule has 186 valence electrons. The number of anilines is 2.